The zero-order chi connectivity index (χ0) is 19.0. The molecule has 140 valence electrons. The third-order valence-corrected chi connectivity index (χ3v) is 4.51. The minimum Gasteiger partial charge on any atom is -0.479 e. The van der Waals surface area contributed by atoms with Gasteiger partial charge < -0.3 is 24.4 Å². The summed E-state index contributed by atoms with van der Waals surface area (Å²) in [7, 11) is 0. The Morgan fingerprint density at radius 2 is 1.96 bits per heavy atom. The largest absolute Gasteiger partial charge is 0.479 e. The molecule has 2 aromatic carbocycles. The third kappa shape index (κ3) is 3.16. The molecule has 7 heteroatoms. The van der Waals surface area contributed by atoms with E-state index in [1.54, 1.807) is 48.2 Å². The standard InChI is InChI=1S/C20H20N2O5/c1-3-8-22-15-6-5-14(10-17(15)27-12(2)20(22)24)21-19(23)13-4-7-16-18(9-13)26-11-25-16/h4-7,9-10,12H,3,8,11H2,1-2H3,(H,21,23). The Morgan fingerprint density at radius 3 is 2.78 bits per heavy atom. The van der Waals surface area contributed by atoms with Crippen LogP contribution in [0.2, 0.25) is 0 Å². The summed E-state index contributed by atoms with van der Waals surface area (Å²) in [4.78, 5) is 26.6. The van der Waals surface area contributed by atoms with Crippen LogP contribution in [0.1, 0.15) is 30.6 Å². The molecule has 0 aliphatic carbocycles. The first-order valence-electron chi connectivity index (χ1n) is 8.90. The smallest absolute Gasteiger partial charge is 0.267 e. The molecular weight excluding hydrogens is 348 g/mol. The van der Waals surface area contributed by atoms with E-state index in [0.29, 0.717) is 35.0 Å². The van der Waals surface area contributed by atoms with Crippen molar-refractivity contribution in [1.29, 1.82) is 0 Å². The fourth-order valence-electron chi connectivity index (χ4n) is 3.18. The zero-order valence-electron chi connectivity index (χ0n) is 15.2. The number of ether oxygens (including phenoxy) is 3. The quantitative estimate of drug-likeness (QED) is 0.897. The van der Waals surface area contributed by atoms with E-state index in [1.165, 1.54) is 0 Å². The fraction of sp³-hybridized carbons (Fsp3) is 0.300. The average Bonchev–Trinajstić information content (AvgIpc) is 3.13. The molecule has 1 atom stereocenters. The molecule has 0 bridgehead atoms. The number of nitrogens with one attached hydrogen (secondary N) is 1. The molecular formula is C20H20N2O5. The summed E-state index contributed by atoms with van der Waals surface area (Å²) in [5, 5.41) is 2.85. The number of carbonyl (C=O) groups excluding carboxylic acids is 2. The van der Waals surface area contributed by atoms with E-state index in [-0.39, 0.29) is 18.6 Å². The highest BCUT2D eigenvalue weighted by Crippen LogP contribution is 2.37. The average molecular weight is 368 g/mol. The maximum absolute atomic E-state index is 12.6. The van der Waals surface area contributed by atoms with Crippen molar-refractivity contribution >= 4 is 23.2 Å². The molecule has 1 N–H and O–H groups in total. The van der Waals surface area contributed by atoms with Crippen molar-refractivity contribution in [2.24, 2.45) is 0 Å². The number of amides is 2. The second-order valence-corrected chi connectivity index (χ2v) is 6.45. The molecule has 2 amide bonds. The van der Waals surface area contributed by atoms with E-state index in [2.05, 4.69) is 5.32 Å². The molecule has 7 nitrogen and oxygen atoms in total. The van der Waals surface area contributed by atoms with Gasteiger partial charge in [0, 0.05) is 23.9 Å². The van der Waals surface area contributed by atoms with Crippen LogP contribution in [-0.4, -0.2) is 31.3 Å². The van der Waals surface area contributed by atoms with Crippen molar-refractivity contribution in [3.63, 3.8) is 0 Å². The van der Waals surface area contributed by atoms with Crippen LogP contribution >= 0.6 is 0 Å². The van der Waals surface area contributed by atoms with Crippen molar-refractivity contribution in [3.8, 4) is 17.2 Å². The molecule has 0 aromatic heterocycles. The summed E-state index contributed by atoms with van der Waals surface area (Å²) < 4.78 is 16.3. The minimum absolute atomic E-state index is 0.0542. The van der Waals surface area contributed by atoms with Crippen molar-refractivity contribution in [1.82, 2.24) is 0 Å². The van der Waals surface area contributed by atoms with Gasteiger partial charge in [0.1, 0.15) is 5.75 Å². The van der Waals surface area contributed by atoms with E-state index in [9.17, 15) is 9.59 Å². The highest BCUT2D eigenvalue weighted by Gasteiger charge is 2.31. The summed E-state index contributed by atoms with van der Waals surface area (Å²) in [6, 6.07) is 10.3. The van der Waals surface area contributed by atoms with Gasteiger partial charge in [-0.3, -0.25) is 9.59 Å². The second-order valence-electron chi connectivity index (χ2n) is 6.45. The van der Waals surface area contributed by atoms with Gasteiger partial charge in [0.15, 0.2) is 17.6 Å². The van der Waals surface area contributed by atoms with Gasteiger partial charge in [0.25, 0.3) is 11.8 Å². The Hall–Kier alpha value is -3.22. The third-order valence-electron chi connectivity index (χ3n) is 4.51. The van der Waals surface area contributed by atoms with Gasteiger partial charge in [0.05, 0.1) is 5.69 Å². The summed E-state index contributed by atoms with van der Waals surface area (Å²) >= 11 is 0. The number of hydrogen-bond acceptors (Lipinski definition) is 5. The first-order chi connectivity index (χ1) is 13.1. The van der Waals surface area contributed by atoms with Gasteiger partial charge in [0.2, 0.25) is 6.79 Å². The van der Waals surface area contributed by atoms with Crippen LogP contribution in [0, 0.1) is 0 Å². The lowest BCUT2D eigenvalue weighted by atomic mass is 10.1. The SMILES string of the molecule is CCCN1C(=O)C(C)Oc2cc(NC(=O)c3ccc4c(c3)OCO4)ccc21. The van der Waals surface area contributed by atoms with E-state index in [4.69, 9.17) is 14.2 Å². The minimum atomic E-state index is -0.552. The Morgan fingerprint density at radius 1 is 1.15 bits per heavy atom. The van der Waals surface area contributed by atoms with Gasteiger partial charge in [-0.25, -0.2) is 0 Å². The lowest BCUT2D eigenvalue weighted by Gasteiger charge is -2.33. The molecule has 0 fully saturated rings. The van der Waals surface area contributed by atoms with Gasteiger partial charge in [-0.2, -0.15) is 0 Å². The first-order valence-corrected chi connectivity index (χ1v) is 8.90. The summed E-state index contributed by atoms with van der Waals surface area (Å²) in [5.41, 5.74) is 1.78. The van der Waals surface area contributed by atoms with Crippen molar-refractivity contribution < 1.29 is 23.8 Å². The van der Waals surface area contributed by atoms with Gasteiger partial charge in [-0.1, -0.05) is 6.92 Å². The maximum Gasteiger partial charge on any atom is 0.267 e. The molecule has 2 aromatic rings. The fourth-order valence-corrected chi connectivity index (χ4v) is 3.18. The van der Waals surface area contributed by atoms with E-state index in [0.717, 1.165) is 12.1 Å². The predicted octanol–water partition coefficient (Wildman–Crippen LogP) is 3.19. The normalized spacial score (nSPS) is 17.3. The first kappa shape index (κ1) is 17.2. The van der Waals surface area contributed by atoms with E-state index < -0.39 is 6.10 Å². The number of nitrogens with zero attached hydrogens (tertiary/aromatic N) is 1. The molecule has 27 heavy (non-hydrogen) atoms. The van der Waals surface area contributed by atoms with Gasteiger partial charge in [-0.05, 0) is 43.7 Å². The van der Waals surface area contributed by atoms with Crippen LogP contribution < -0.4 is 24.4 Å². The van der Waals surface area contributed by atoms with Crippen LogP contribution in [0.15, 0.2) is 36.4 Å². The molecule has 2 heterocycles. The van der Waals surface area contributed by atoms with Crippen LogP contribution in [-0.2, 0) is 4.79 Å². The van der Waals surface area contributed by atoms with E-state index in [1.807, 2.05) is 6.92 Å². The van der Waals surface area contributed by atoms with Crippen LogP contribution in [0.4, 0.5) is 11.4 Å². The summed E-state index contributed by atoms with van der Waals surface area (Å²) in [6.07, 6.45) is 0.296. The summed E-state index contributed by atoms with van der Waals surface area (Å²) in [5.74, 6) is 1.45. The number of anilines is 2. The van der Waals surface area contributed by atoms with Crippen molar-refractivity contribution in [2.75, 3.05) is 23.6 Å². The lowest BCUT2D eigenvalue weighted by Crippen LogP contribution is -2.44. The van der Waals surface area contributed by atoms with Crippen LogP contribution in [0.25, 0.3) is 0 Å². The molecule has 0 spiro atoms. The molecule has 4 rings (SSSR count). The molecule has 2 aliphatic heterocycles. The van der Waals surface area contributed by atoms with Crippen molar-refractivity contribution in [3.05, 3.63) is 42.0 Å². The Labute approximate surface area is 156 Å². The molecule has 0 saturated carbocycles. The topological polar surface area (TPSA) is 77.1 Å². The second kappa shape index (κ2) is 6.83. The predicted molar refractivity (Wildman–Crippen MR) is 99.7 cm³/mol. The monoisotopic (exact) mass is 368 g/mol. The number of carbonyl (C=O) groups is 2. The van der Waals surface area contributed by atoms with Gasteiger partial charge in [-0.15, -0.1) is 0 Å². The Balaban J connectivity index is 1.56. The number of benzene rings is 2. The molecule has 2 aliphatic rings. The molecule has 0 saturated heterocycles. The Bertz CT molecular complexity index is 911. The highest BCUT2D eigenvalue weighted by atomic mass is 16.7. The molecule has 0 radical (unpaired) electrons. The van der Waals surface area contributed by atoms with Crippen LogP contribution in [0.5, 0.6) is 17.2 Å². The number of fused-ring (bicyclic) bond motifs is 2. The molecule has 1 unspecified atom stereocenters. The maximum atomic E-state index is 12.6. The van der Waals surface area contributed by atoms with Crippen molar-refractivity contribution in [2.45, 2.75) is 26.4 Å². The van der Waals surface area contributed by atoms with E-state index >= 15 is 0 Å². The van der Waals surface area contributed by atoms with Gasteiger partial charge >= 0.3 is 0 Å². The zero-order valence-corrected chi connectivity index (χ0v) is 15.2. The summed E-state index contributed by atoms with van der Waals surface area (Å²) in [6.45, 7) is 4.54. The highest BCUT2D eigenvalue weighted by molar-refractivity contribution is 6.05. The lowest BCUT2D eigenvalue weighted by molar-refractivity contribution is -0.125. The number of hydrogen-bond donors (Lipinski definition) is 1. The number of rotatable bonds is 4. The van der Waals surface area contributed by atoms with Crippen LogP contribution in [0.3, 0.4) is 0 Å². The Kier molecular flexibility index (Phi) is 4.35.